The molecule has 138 valence electrons. The van der Waals surface area contributed by atoms with Gasteiger partial charge in [0.05, 0.1) is 5.69 Å². The highest BCUT2D eigenvalue weighted by Crippen LogP contribution is 2.33. The molecule has 0 unspecified atom stereocenters. The summed E-state index contributed by atoms with van der Waals surface area (Å²) in [5.74, 6) is 0.326. The molecule has 2 aromatic carbocycles. The fraction of sp³-hybridized carbons (Fsp3) is 0.273. The van der Waals surface area contributed by atoms with Gasteiger partial charge in [0.1, 0.15) is 5.82 Å². The zero-order valence-electron chi connectivity index (χ0n) is 15.2. The summed E-state index contributed by atoms with van der Waals surface area (Å²) in [6.45, 7) is 2.95. The van der Waals surface area contributed by atoms with Crippen molar-refractivity contribution in [3.63, 3.8) is 0 Å². The normalized spacial score (nSPS) is 17.7. The predicted molar refractivity (Wildman–Crippen MR) is 106 cm³/mol. The summed E-state index contributed by atoms with van der Waals surface area (Å²) in [5.41, 5.74) is 10.0. The van der Waals surface area contributed by atoms with Crippen LogP contribution in [-0.4, -0.2) is 28.0 Å². The number of nitrogen functional groups attached to an aromatic ring is 1. The van der Waals surface area contributed by atoms with Crippen molar-refractivity contribution < 1.29 is 4.39 Å². The Morgan fingerprint density at radius 2 is 1.85 bits per heavy atom. The zero-order valence-corrected chi connectivity index (χ0v) is 15.2. The molecule has 27 heavy (non-hydrogen) atoms. The van der Waals surface area contributed by atoms with E-state index in [1.807, 2.05) is 6.07 Å². The number of likely N-dealkylation sites (tertiary alicyclic amines) is 1. The largest absolute Gasteiger partial charge is 0.368 e. The van der Waals surface area contributed by atoms with Gasteiger partial charge in [0.2, 0.25) is 5.95 Å². The summed E-state index contributed by atoms with van der Waals surface area (Å²) in [6, 6.07) is 17.0. The number of hydrogen-bond acceptors (Lipinski definition) is 4. The Hall–Kier alpha value is -2.79. The molecule has 4 nitrogen and oxygen atoms in total. The summed E-state index contributed by atoms with van der Waals surface area (Å²) < 4.78 is 13.3. The molecule has 1 aliphatic rings. The highest BCUT2D eigenvalue weighted by molar-refractivity contribution is 5.66. The average Bonchev–Trinajstić information content (AvgIpc) is 2.70. The van der Waals surface area contributed by atoms with Gasteiger partial charge < -0.3 is 5.73 Å². The van der Waals surface area contributed by atoms with E-state index in [1.54, 1.807) is 18.3 Å². The maximum absolute atomic E-state index is 13.3. The third-order valence-electron chi connectivity index (χ3n) is 5.13. The van der Waals surface area contributed by atoms with Gasteiger partial charge in [0, 0.05) is 30.8 Å². The van der Waals surface area contributed by atoms with Crippen molar-refractivity contribution in [1.82, 2.24) is 14.9 Å². The van der Waals surface area contributed by atoms with Crippen molar-refractivity contribution in [2.75, 3.05) is 18.8 Å². The van der Waals surface area contributed by atoms with Crippen LogP contribution >= 0.6 is 0 Å². The molecule has 2 N–H and O–H groups in total. The van der Waals surface area contributed by atoms with Crippen LogP contribution in [0.15, 0.2) is 60.8 Å². The van der Waals surface area contributed by atoms with Crippen LogP contribution in [0.25, 0.3) is 11.1 Å². The average molecular weight is 362 g/mol. The number of hydrogen-bond donors (Lipinski definition) is 1. The number of nitrogens with zero attached hydrogens (tertiary/aromatic N) is 3. The first-order chi connectivity index (χ1) is 13.2. The van der Waals surface area contributed by atoms with Crippen LogP contribution in [0.1, 0.15) is 30.0 Å². The molecule has 0 saturated carbocycles. The van der Waals surface area contributed by atoms with Gasteiger partial charge in [-0.1, -0.05) is 42.5 Å². The second kappa shape index (κ2) is 7.84. The molecule has 2 heterocycles. The van der Waals surface area contributed by atoms with Crippen LogP contribution in [0.4, 0.5) is 10.3 Å². The molecular weight excluding hydrogens is 339 g/mol. The van der Waals surface area contributed by atoms with Gasteiger partial charge in [-0.2, -0.15) is 0 Å². The van der Waals surface area contributed by atoms with Gasteiger partial charge in [-0.25, -0.2) is 14.4 Å². The van der Waals surface area contributed by atoms with E-state index in [9.17, 15) is 4.39 Å². The number of benzene rings is 2. The number of aromatic nitrogens is 2. The number of nitrogens with two attached hydrogens (primary N) is 1. The summed E-state index contributed by atoms with van der Waals surface area (Å²) >= 11 is 0. The molecule has 1 saturated heterocycles. The van der Waals surface area contributed by atoms with Crippen molar-refractivity contribution >= 4 is 5.95 Å². The van der Waals surface area contributed by atoms with Crippen LogP contribution in [0.5, 0.6) is 0 Å². The van der Waals surface area contributed by atoms with Crippen LogP contribution in [0.3, 0.4) is 0 Å². The summed E-state index contributed by atoms with van der Waals surface area (Å²) in [5, 5.41) is 0. The lowest BCUT2D eigenvalue weighted by Gasteiger charge is -2.33. The molecule has 1 fully saturated rings. The van der Waals surface area contributed by atoms with Gasteiger partial charge in [0.25, 0.3) is 0 Å². The molecule has 1 atom stereocenters. The Labute approximate surface area is 158 Å². The van der Waals surface area contributed by atoms with Crippen molar-refractivity contribution in [3.05, 3.63) is 77.9 Å². The van der Waals surface area contributed by atoms with Gasteiger partial charge in [-0.15, -0.1) is 0 Å². The SMILES string of the molecule is Nc1ncc(-c2ccc(F)cc2)c([C@H]2CCCN(Cc3ccccc3)C2)n1. The molecule has 0 bridgehead atoms. The lowest BCUT2D eigenvalue weighted by molar-refractivity contribution is 0.198. The van der Waals surface area contributed by atoms with Gasteiger partial charge in [-0.3, -0.25) is 4.90 Å². The maximum atomic E-state index is 13.3. The van der Waals surface area contributed by atoms with E-state index in [-0.39, 0.29) is 17.7 Å². The fourth-order valence-corrected chi connectivity index (χ4v) is 3.84. The zero-order chi connectivity index (χ0) is 18.6. The monoisotopic (exact) mass is 362 g/mol. The topological polar surface area (TPSA) is 55.0 Å². The summed E-state index contributed by atoms with van der Waals surface area (Å²) in [6.07, 6.45) is 3.95. The Morgan fingerprint density at radius 3 is 2.63 bits per heavy atom. The van der Waals surface area contributed by atoms with E-state index >= 15 is 0 Å². The van der Waals surface area contributed by atoms with E-state index in [4.69, 9.17) is 5.73 Å². The minimum Gasteiger partial charge on any atom is -0.368 e. The first kappa shape index (κ1) is 17.6. The Balaban J connectivity index is 1.60. The minimum absolute atomic E-state index is 0.247. The predicted octanol–water partition coefficient (Wildman–Crippen LogP) is 4.24. The quantitative estimate of drug-likeness (QED) is 0.754. The molecule has 3 aromatic rings. The minimum atomic E-state index is -0.247. The Kier molecular flexibility index (Phi) is 5.12. The van der Waals surface area contributed by atoms with Gasteiger partial charge in [0.15, 0.2) is 0 Å². The summed E-state index contributed by atoms with van der Waals surface area (Å²) in [4.78, 5) is 11.2. The Morgan fingerprint density at radius 1 is 1.07 bits per heavy atom. The highest BCUT2D eigenvalue weighted by Gasteiger charge is 2.25. The van der Waals surface area contributed by atoms with Crippen molar-refractivity contribution in [3.8, 4) is 11.1 Å². The van der Waals surface area contributed by atoms with Gasteiger partial charge in [-0.05, 0) is 42.6 Å². The Bertz CT molecular complexity index is 896. The molecule has 0 radical (unpaired) electrons. The molecule has 5 heteroatoms. The molecule has 0 aliphatic carbocycles. The number of piperidine rings is 1. The maximum Gasteiger partial charge on any atom is 0.220 e. The van der Waals surface area contributed by atoms with Crippen LogP contribution < -0.4 is 5.73 Å². The van der Waals surface area contributed by atoms with Crippen molar-refractivity contribution in [2.24, 2.45) is 0 Å². The molecule has 4 rings (SSSR count). The highest BCUT2D eigenvalue weighted by atomic mass is 19.1. The molecule has 0 spiro atoms. The van der Waals surface area contributed by atoms with Gasteiger partial charge >= 0.3 is 0 Å². The standard InChI is InChI=1S/C22H23FN4/c23-19-10-8-17(9-11-19)20-13-25-22(24)26-21(20)18-7-4-12-27(15-18)14-16-5-2-1-3-6-16/h1-3,5-6,8-11,13,18H,4,7,12,14-15H2,(H2,24,25,26)/t18-/m0/s1. The smallest absolute Gasteiger partial charge is 0.220 e. The second-order valence-electron chi connectivity index (χ2n) is 7.09. The first-order valence-electron chi connectivity index (χ1n) is 9.33. The van der Waals surface area contributed by atoms with E-state index in [2.05, 4.69) is 39.1 Å². The number of anilines is 1. The van der Waals surface area contributed by atoms with Crippen LogP contribution in [0, 0.1) is 5.82 Å². The van der Waals surface area contributed by atoms with Crippen molar-refractivity contribution in [1.29, 1.82) is 0 Å². The first-order valence-corrected chi connectivity index (χ1v) is 9.33. The molecular formula is C22H23FN4. The third-order valence-corrected chi connectivity index (χ3v) is 5.13. The van der Waals surface area contributed by atoms with Crippen LogP contribution in [0.2, 0.25) is 0 Å². The third kappa shape index (κ3) is 4.14. The van der Waals surface area contributed by atoms with E-state index in [0.29, 0.717) is 0 Å². The van der Waals surface area contributed by atoms with E-state index < -0.39 is 0 Å². The van der Waals surface area contributed by atoms with Crippen LogP contribution in [-0.2, 0) is 6.54 Å². The second-order valence-corrected chi connectivity index (χ2v) is 7.09. The van der Waals surface area contributed by atoms with E-state index in [1.165, 1.54) is 17.7 Å². The number of rotatable bonds is 4. The summed E-state index contributed by atoms with van der Waals surface area (Å²) in [7, 11) is 0. The lowest BCUT2D eigenvalue weighted by Crippen LogP contribution is -2.34. The molecule has 0 amide bonds. The van der Waals surface area contributed by atoms with E-state index in [0.717, 1.165) is 49.3 Å². The van der Waals surface area contributed by atoms with Crippen molar-refractivity contribution in [2.45, 2.75) is 25.3 Å². The lowest BCUT2D eigenvalue weighted by atomic mass is 9.89. The molecule has 1 aromatic heterocycles. The fourth-order valence-electron chi connectivity index (χ4n) is 3.84. The number of halogens is 1. The molecule has 1 aliphatic heterocycles.